The van der Waals surface area contributed by atoms with Gasteiger partial charge >= 0.3 is 0 Å². The van der Waals surface area contributed by atoms with Crippen LogP contribution in [0.25, 0.3) is 11.0 Å². The van der Waals surface area contributed by atoms with Gasteiger partial charge in [0.25, 0.3) is 0 Å². The Morgan fingerprint density at radius 2 is 2.23 bits per heavy atom. The van der Waals surface area contributed by atoms with Crippen LogP contribution in [-0.4, -0.2) is 41.0 Å². The number of H-pyrrole nitrogens is 1. The minimum atomic E-state index is -0.625. The van der Waals surface area contributed by atoms with Gasteiger partial charge in [0.05, 0.1) is 23.6 Å². The highest BCUT2D eigenvalue weighted by Crippen LogP contribution is 2.28. The highest BCUT2D eigenvalue weighted by Gasteiger charge is 2.21. The monoisotopic (exact) mass is 359 g/mol. The van der Waals surface area contributed by atoms with Crippen molar-refractivity contribution in [3.05, 3.63) is 24.0 Å². The van der Waals surface area contributed by atoms with Gasteiger partial charge in [-0.1, -0.05) is 13.8 Å². The van der Waals surface area contributed by atoms with Crippen molar-refractivity contribution < 1.29 is 14.3 Å². The van der Waals surface area contributed by atoms with Gasteiger partial charge < -0.3 is 26.1 Å². The fraction of sp³-hybridized carbons (Fsp3) is 0.500. The van der Waals surface area contributed by atoms with E-state index in [4.69, 9.17) is 10.5 Å². The van der Waals surface area contributed by atoms with Gasteiger partial charge in [-0.3, -0.25) is 9.59 Å². The smallest absolute Gasteiger partial charge is 0.243 e. The summed E-state index contributed by atoms with van der Waals surface area (Å²) in [4.78, 5) is 31.7. The zero-order chi connectivity index (χ0) is 18.7. The summed E-state index contributed by atoms with van der Waals surface area (Å²) in [7, 11) is 0. The van der Waals surface area contributed by atoms with E-state index in [0.717, 1.165) is 36.3 Å². The molecule has 1 aliphatic rings. The first-order chi connectivity index (χ1) is 12.4. The number of nitrogens with zero attached hydrogens (tertiary/aromatic N) is 1. The number of benzene rings is 1. The molecule has 1 aromatic carbocycles. The standard InChI is InChI=1S/C18H25N5O3/c1-10(2)16(19)18(25)20-9-15(24)21-11-5-6-12-13(8-11)23-17(22-12)14-4-3-7-26-14/h5-6,8,10,14,16H,3-4,7,9,19H2,1-2H3,(H,20,25)(H,21,24)(H,22,23)/t14?,16-/m0/s1. The predicted molar refractivity (Wildman–Crippen MR) is 98.5 cm³/mol. The van der Waals surface area contributed by atoms with Crippen molar-refractivity contribution in [2.75, 3.05) is 18.5 Å². The van der Waals surface area contributed by atoms with Crippen molar-refractivity contribution >= 4 is 28.5 Å². The number of hydrogen-bond donors (Lipinski definition) is 4. The van der Waals surface area contributed by atoms with E-state index in [9.17, 15) is 9.59 Å². The Morgan fingerprint density at radius 1 is 1.42 bits per heavy atom. The van der Waals surface area contributed by atoms with Crippen LogP contribution in [0.3, 0.4) is 0 Å². The van der Waals surface area contributed by atoms with Crippen LogP contribution in [0.5, 0.6) is 0 Å². The molecule has 1 aromatic heterocycles. The minimum absolute atomic E-state index is 0.0129. The zero-order valence-electron chi connectivity index (χ0n) is 15.0. The van der Waals surface area contributed by atoms with E-state index in [2.05, 4.69) is 20.6 Å². The molecule has 5 N–H and O–H groups in total. The Hall–Kier alpha value is -2.45. The second-order valence-corrected chi connectivity index (χ2v) is 6.89. The molecular formula is C18H25N5O3. The summed E-state index contributed by atoms with van der Waals surface area (Å²) >= 11 is 0. The van der Waals surface area contributed by atoms with Crippen molar-refractivity contribution in [1.82, 2.24) is 15.3 Å². The van der Waals surface area contributed by atoms with Gasteiger partial charge in [0.1, 0.15) is 11.9 Å². The maximum atomic E-state index is 12.0. The molecule has 3 rings (SSSR count). The molecule has 1 aliphatic heterocycles. The van der Waals surface area contributed by atoms with Gasteiger partial charge in [-0.15, -0.1) is 0 Å². The van der Waals surface area contributed by atoms with Gasteiger partial charge in [0.15, 0.2) is 0 Å². The normalized spacial score (nSPS) is 18.2. The summed E-state index contributed by atoms with van der Waals surface area (Å²) in [6.07, 6.45) is 2.01. The maximum absolute atomic E-state index is 12.0. The molecule has 8 heteroatoms. The highest BCUT2D eigenvalue weighted by atomic mass is 16.5. The first-order valence-electron chi connectivity index (χ1n) is 8.88. The van der Waals surface area contributed by atoms with Crippen molar-refractivity contribution in [1.29, 1.82) is 0 Å². The van der Waals surface area contributed by atoms with Crippen LogP contribution in [-0.2, 0) is 14.3 Å². The number of carbonyl (C=O) groups is 2. The zero-order valence-corrected chi connectivity index (χ0v) is 15.0. The summed E-state index contributed by atoms with van der Waals surface area (Å²) in [5, 5.41) is 5.31. The molecule has 0 aliphatic carbocycles. The van der Waals surface area contributed by atoms with E-state index in [1.54, 1.807) is 6.07 Å². The molecule has 8 nitrogen and oxygen atoms in total. The third-order valence-electron chi connectivity index (χ3n) is 4.46. The maximum Gasteiger partial charge on any atom is 0.243 e. The van der Waals surface area contributed by atoms with Crippen molar-refractivity contribution in [3.63, 3.8) is 0 Å². The second kappa shape index (κ2) is 7.84. The summed E-state index contributed by atoms with van der Waals surface area (Å²) in [6.45, 7) is 4.35. The van der Waals surface area contributed by atoms with Gasteiger partial charge in [-0.25, -0.2) is 4.98 Å². The molecule has 0 spiro atoms. The van der Waals surface area contributed by atoms with Crippen LogP contribution in [0.15, 0.2) is 18.2 Å². The fourth-order valence-corrected chi connectivity index (χ4v) is 2.85. The highest BCUT2D eigenvalue weighted by molar-refractivity contribution is 5.96. The molecule has 0 radical (unpaired) electrons. The van der Waals surface area contributed by atoms with Crippen molar-refractivity contribution in [2.24, 2.45) is 11.7 Å². The molecule has 0 bridgehead atoms. The minimum Gasteiger partial charge on any atom is -0.370 e. The van der Waals surface area contributed by atoms with E-state index in [0.29, 0.717) is 5.69 Å². The Labute approximate surface area is 151 Å². The average molecular weight is 359 g/mol. The molecule has 1 unspecified atom stereocenters. The molecule has 26 heavy (non-hydrogen) atoms. The molecule has 1 fully saturated rings. The van der Waals surface area contributed by atoms with Gasteiger partial charge in [-0.05, 0) is 37.0 Å². The lowest BCUT2D eigenvalue weighted by atomic mass is 10.1. The van der Waals surface area contributed by atoms with Crippen LogP contribution in [0.1, 0.15) is 38.6 Å². The Bertz CT molecular complexity index is 795. The van der Waals surface area contributed by atoms with E-state index in [1.807, 2.05) is 26.0 Å². The SMILES string of the molecule is CC(C)[C@H](N)C(=O)NCC(=O)Nc1ccc2nc(C3CCCO3)[nH]c2c1. The first-order valence-corrected chi connectivity index (χ1v) is 8.88. The van der Waals surface area contributed by atoms with Gasteiger partial charge in [-0.2, -0.15) is 0 Å². The molecule has 1 saturated heterocycles. The van der Waals surface area contributed by atoms with Crippen molar-refractivity contribution in [2.45, 2.75) is 38.8 Å². The lowest BCUT2D eigenvalue weighted by molar-refractivity contribution is -0.125. The number of aromatic nitrogens is 2. The number of nitrogens with two attached hydrogens (primary N) is 1. The van der Waals surface area contributed by atoms with Crippen LogP contribution < -0.4 is 16.4 Å². The number of fused-ring (bicyclic) bond motifs is 1. The molecule has 140 valence electrons. The summed E-state index contributed by atoms with van der Waals surface area (Å²) < 4.78 is 5.64. The molecular weight excluding hydrogens is 334 g/mol. The van der Waals surface area contributed by atoms with Crippen LogP contribution in [0, 0.1) is 5.92 Å². The lowest BCUT2D eigenvalue weighted by Gasteiger charge is -2.15. The van der Waals surface area contributed by atoms with Crippen LogP contribution in [0.2, 0.25) is 0 Å². The number of imidazole rings is 1. The van der Waals surface area contributed by atoms with E-state index in [1.165, 1.54) is 0 Å². The molecule has 2 amide bonds. The van der Waals surface area contributed by atoms with Crippen molar-refractivity contribution in [3.8, 4) is 0 Å². The van der Waals surface area contributed by atoms with Crippen LogP contribution >= 0.6 is 0 Å². The average Bonchev–Trinajstić information content (AvgIpc) is 3.27. The molecule has 0 saturated carbocycles. The number of rotatable bonds is 6. The predicted octanol–water partition coefficient (Wildman–Crippen LogP) is 1.45. The first kappa shape index (κ1) is 18.3. The number of anilines is 1. The quantitative estimate of drug-likeness (QED) is 0.622. The van der Waals surface area contributed by atoms with E-state index >= 15 is 0 Å². The number of amides is 2. The number of nitrogens with one attached hydrogen (secondary N) is 3. The number of hydrogen-bond acceptors (Lipinski definition) is 5. The summed E-state index contributed by atoms with van der Waals surface area (Å²) in [5.74, 6) is 0.183. The summed E-state index contributed by atoms with van der Waals surface area (Å²) in [6, 6.07) is 4.82. The Balaban J connectivity index is 1.59. The fourth-order valence-electron chi connectivity index (χ4n) is 2.85. The molecule has 2 atom stereocenters. The third-order valence-corrected chi connectivity index (χ3v) is 4.46. The summed E-state index contributed by atoms with van der Waals surface area (Å²) in [5.41, 5.74) is 8.04. The topological polar surface area (TPSA) is 122 Å². The molecule has 2 aromatic rings. The largest absolute Gasteiger partial charge is 0.370 e. The van der Waals surface area contributed by atoms with E-state index < -0.39 is 6.04 Å². The number of aromatic amines is 1. The molecule has 2 heterocycles. The van der Waals surface area contributed by atoms with Gasteiger partial charge in [0.2, 0.25) is 11.8 Å². The number of carbonyl (C=O) groups excluding carboxylic acids is 2. The lowest BCUT2D eigenvalue weighted by Crippen LogP contribution is -2.46. The van der Waals surface area contributed by atoms with Gasteiger partial charge in [0, 0.05) is 12.3 Å². The Morgan fingerprint density at radius 3 is 2.92 bits per heavy atom. The van der Waals surface area contributed by atoms with Crippen LogP contribution in [0.4, 0.5) is 5.69 Å². The van der Waals surface area contributed by atoms with E-state index in [-0.39, 0.29) is 30.4 Å². The number of ether oxygens (including phenoxy) is 1. The third kappa shape index (κ3) is 4.20. The second-order valence-electron chi connectivity index (χ2n) is 6.89. The Kier molecular flexibility index (Phi) is 5.53.